The molecule has 1 aromatic carbocycles. The van der Waals surface area contributed by atoms with Crippen molar-refractivity contribution in [2.75, 3.05) is 19.6 Å². The number of nitrogens with two attached hydrogens (primary N) is 1. The van der Waals surface area contributed by atoms with Crippen molar-refractivity contribution >= 4 is 5.91 Å². The van der Waals surface area contributed by atoms with Gasteiger partial charge < -0.3 is 15.8 Å². The Morgan fingerprint density at radius 3 is 2.36 bits per heavy atom. The van der Waals surface area contributed by atoms with Gasteiger partial charge in [0.1, 0.15) is 0 Å². The summed E-state index contributed by atoms with van der Waals surface area (Å²) in [5.74, 6) is -0.00693. The fourth-order valence-electron chi connectivity index (χ4n) is 4.18. The van der Waals surface area contributed by atoms with E-state index in [1.807, 2.05) is 12.1 Å². The lowest BCUT2D eigenvalue weighted by atomic mass is 9.97. The second kappa shape index (κ2) is 7.85. The smallest absolute Gasteiger partial charge is 0.251 e. The minimum atomic E-state index is -0.199. The van der Waals surface area contributed by atoms with Crippen LogP contribution in [0, 0.1) is 0 Å². The Balaban J connectivity index is 1.59. The molecule has 3 rings (SSSR count). The highest BCUT2D eigenvalue weighted by Gasteiger charge is 2.34. The molecule has 3 N–H and O–H groups in total. The van der Waals surface area contributed by atoms with Gasteiger partial charge in [0.25, 0.3) is 5.91 Å². The molecule has 0 spiro atoms. The van der Waals surface area contributed by atoms with Gasteiger partial charge in [0, 0.05) is 31.7 Å². The highest BCUT2D eigenvalue weighted by molar-refractivity contribution is 5.94. The Labute approximate surface area is 150 Å². The molecule has 5 heteroatoms. The third kappa shape index (κ3) is 4.60. The summed E-state index contributed by atoms with van der Waals surface area (Å²) in [7, 11) is 0. The summed E-state index contributed by atoms with van der Waals surface area (Å²) in [5.41, 5.74) is 7.66. The number of nitrogens with zero attached hydrogens (tertiary/aromatic N) is 1. The molecular formula is C20H31N3O2. The van der Waals surface area contributed by atoms with Crippen LogP contribution in [0.15, 0.2) is 24.3 Å². The number of morpholine rings is 1. The van der Waals surface area contributed by atoms with Gasteiger partial charge in [-0.15, -0.1) is 0 Å². The molecule has 2 aliphatic rings. The topological polar surface area (TPSA) is 67.6 Å². The quantitative estimate of drug-likeness (QED) is 0.859. The molecular weight excluding hydrogens is 314 g/mol. The summed E-state index contributed by atoms with van der Waals surface area (Å²) in [4.78, 5) is 15.0. The van der Waals surface area contributed by atoms with E-state index in [0.29, 0.717) is 12.1 Å². The standard InChI is InChI=1S/C20H31N3O2/c1-15-11-23(12-16(2)25-15)13-17-5-7-18(8-6-17)19(24)22-20(14-21)9-3-4-10-20/h5-8,15-16H,3-4,9-14,21H2,1-2H3,(H,22,24). The van der Waals surface area contributed by atoms with Crippen LogP contribution in [0.1, 0.15) is 55.5 Å². The van der Waals surface area contributed by atoms with Gasteiger partial charge in [0.15, 0.2) is 0 Å². The van der Waals surface area contributed by atoms with Gasteiger partial charge in [-0.05, 0) is 44.4 Å². The molecule has 0 bridgehead atoms. The van der Waals surface area contributed by atoms with Gasteiger partial charge in [-0.2, -0.15) is 0 Å². The maximum atomic E-state index is 12.6. The third-order valence-electron chi connectivity index (χ3n) is 5.45. The number of hydrogen-bond donors (Lipinski definition) is 2. The second-order valence-corrected chi connectivity index (χ2v) is 7.79. The van der Waals surface area contributed by atoms with Crippen LogP contribution in [0.25, 0.3) is 0 Å². The van der Waals surface area contributed by atoms with E-state index in [9.17, 15) is 4.79 Å². The van der Waals surface area contributed by atoms with Crippen LogP contribution in [0.3, 0.4) is 0 Å². The highest BCUT2D eigenvalue weighted by Crippen LogP contribution is 2.29. The molecule has 1 saturated heterocycles. The number of ether oxygens (including phenoxy) is 1. The summed E-state index contributed by atoms with van der Waals surface area (Å²) >= 11 is 0. The van der Waals surface area contributed by atoms with E-state index in [4.69, 9.17) is 10.5 Å². The van der Waals surface area contributed by atoms with E-state index in [0.717, 1.165) is 45.3 Å². The van der Waals surface area contributed by atoms with E-state index < -0.39 is 0 Å². The molecule has 5 nitrogen and oxygen atoms in total. The van der Waals surface area contributed by atoms with Gasteiger partial charge >= 0.3 is 0 Å². The van der Waals surface area contributed by atoms with E-state index in [2.05, 4.69) is 36.2 Å². The normalized spacial score (nSPS) is 26.5. The average molecular weight is 345 g/mol. The molecule has 2 atom stereocenters. The first-order chi connectivity index (χ1) is 12.0. The molecule has 1 saturated carbocycles. The summed E-state index contributed by atoms with van der Waals surface area (Å²) in [6.45, 7) is 7.55. The lowest BCUT2D eigenvalue weighted by Gasteiger charge is -2.35. The number of amides is 1. The van der Waals surface area contributed by atoms with Crippen molar-refractivity contribution in [1.82, 2.24) is 10.2 Å². The average Bonchev–Trinajstić information content (AvgIpc) is 3.03. The van der Waals surface area contributed by atoms with Crippen molar-refractivity contribution in [1.29, 1.82) is 0 Å². The Hall–Kier alpha value is -1.43. The molecule has 25 heavy (non-hydrogen) atoms. The first kappa shape index (κ1) is 18.4. The molecule has 0 aromatic heterocycles. The van der Waals surface area contributed by atoms with E-state index in [-0.39, 0.29) is 23.7 Å². The number of benzene rings is 1. The molecule has 1 heterocycles. The van der Waals surface area contributed by atoms with Gasteiger partial charge in [0.05, 0.1) is 17.7 Å². The molecule has 2 fully saturated rings. The van der Waals surface area contributed by atoms with E-state index >= 15 is 0 Å². The van der Waals surface area contributed by atoms with Crippen LogP contribution >= 0.6 is 0 Å². The largest absolute Gasteiger partial charge is 0.373 e. The minimum Gasteiger partial charge on any atom is -0.373 e. The summed E-state index contributed by atoms with van der Waals surface area (Å²) in [6.07, 6.45) is 4.81. The Kier molecular flexibility index (Phi) is 5.77. The van der Waals surface area contributed by atoms with E-state index in [1.165, 1.54) is 5.56 Å². The van der Waals surface area contributed by atoms with Crippen molar-refractivity contribution in [3.8, 4) is 0 Å². The van der Waals surface area contributed by atoms with Crippen LogP contribution in [-0.4, -0.2) is 48.2 Å². The predicted molar refractivity (Wildman–Crippen MR) is 99.4 cm³/mol. The monoisotopic (exact) mass is 345 g/mol. The number of nitrogens with one attached hydrogen (secondary N) is 1. The molecule has 138 valence electrons. The molecule has 1 aliphatic heterocycles. The molecule has 0 radical (unpaired) electrons. The minimum absolute atomic E-state index is 0.00693. The van der Waals surface area contributed by atoms with Crippen molar-refractivity contribution < 1.29 is 9.53 Å². The summed E-state index contributed by atoms with van der Waals surface area (Å²) in [6, 6.07) is 7.97. The SMILES string of the molecule is CC1CN(Cc2ccc(C(=O)NC3(CN)CCCC3)cc2)CC(C)O1. The second-order valence-electron chi connectivity index (χ2n) is 7.79. The zero-order chi connectivity index (χ0) is 17.9. The number of carbonyl (C=O) groups is 1. The van der Waals surface area contributed by atoms with Gasteiger partial charge in [-0.1, -0.05) is 25.0 Å². The number of rotatable bonds is 5. The third-order valence-corrected chi connectivity index (χ3v) is 5.45. The zero-order valence-electron chi connectivity index (χ0n) is 15.5. The van der Waals surface area contributed by atoms with Crippen molar-refractivity contribution in [2.24, 2.45) is 5.73 Å². The van der Waals surface area contributed by atoms with Crippen LogP contribution in [0.5, 0.6) is 0 Å². The molecule has 1 aliphatic carbocycles. The Morgan fingerprint density at radius 2 is 1.80 bits per heavy atom. The molecule has 1 aromatic rings. The Morgan fingerprint density at radius 1 is 1.20 bits per heavy atom. The zero-order valence-corrected chi connectivity index (χ0v) is 15.5. The number of carbonyl (C=O) groups excluding carboxylic acids is 1. The van der Waals surface area contributed by atoms with Gasteiger partial charge in [0.2, 0.25) is 0 Å². The van der Waals surface area contributed by atoms with Crippen LogP contribution < -0.4 is 11.1 Å². The van der Waals surface area contributed by atoms with Gasteiger partial charge in [-0.3, -0.25) is 9.69 Å². The van der Waals surface area contributed by atoms with Gasteiger partial charge in [-0.25, -0.2) is 0 Å². The van der Waals surface area contributed by atoms with Crippen LogP contribution in [0.2, 0.25) is 0 Å². The fourth-order valence-corrected chi connectivity index (χ4v) is 4.18. The van der Waals surface area contributed by atoms with Crippen LogP contribution in [-0.2, 0) is 11.3 Å². The summed E-state index contributed by atoms with van der Waals surface area (Å²) < 4.78 is 5.78. The number of hydrogen-bond acceptors (Lipinski definition) is 4. The predicted octanol–water partition coefficient (Wildman–Crippen LogP) is 2.30. The molecule has 1 amide bonds. The fraction of sp³-hybridized carbons (Fsp3) is 0.650. The van der Waals surface area contributed by atoms with Crippen molar-refractivity contribution in [3.63, 3.8) is 0 Å². The molecule has 2 unspecified atom stereocenters. The highest BCUT2D eigenvalue weighted by atomic mass is 16.5. The van der Waals surface area contributed by atoms with Crippen molar-refractivity contribution in [2.45, 2.75) is 63.8 Å². The first-order valence-electron chi connectivity index (χ1n) is 9.49. The Bertz CT molecular complexity index is 571. The van der Waals surface area contributed by atoms with Crippen molar-refractivity contribution in [3.05, 3.63) is 35.4 Å². The summed E-state index contributed by atoms with van der Waals surface area (Å²) in [5, 5.41) is 3.18. The lowest BCUT2D eigenvalue weighted by Crippen LogP contribution is -2.51. The maximum Gasteiger partial charge on any atom is 0.251 e. The van der Waals surface area contributed by atoms with E-state index in [1.54, 1.807) is 0 Å². The maximum absolute atomic E-state index is 12.6. The van der Waals surface area contributed by atoms with Crippen LogP contribution in [0.4, 0.5) is 0 Å². The first-order valence-corrected chi connectivity index (χ1v) is 9.49. The lowest BCUT2D eigenvalue weighted by molar-refractivity contribution is -0.0704.